The van der Waals surface area contributed by atoms with Crippen LogP contribution in [0.25, 0.3) is 28.0 Å². The van der Waals surface area contributed by atoms with Gasteiger partial charge in [-0.2, -0.15) is 0 Å². The van der Waals surface area contributed by atoms with Gasteiger partial charge >= 0.3 is 0 Å². The zero-order valence-electron chi connectivity index (χ0n) is 32.0. The molecule has 1 heterocycles. The van der Waals surface area contributed by atoms with Crippen LogP contribution in [0.2, 0.25) is 0 Å². The van der Waals surface area contributed by atoms with Crippen molar-refractivity contribution in [2.24, 2.45) is 11.8 Å². The van der Waals surface area contributed by atoms with Crippen LogP contribution in [0.15, 0.2) is 191 Å². The van der Waals surface area contributed by atoms with E-state index in [1.54, 1.807) is 22.3 Å². The van der Waals surface area contributed by atoms with Gasteiger partial charge in [-0.3, -0.25) is 0 Å². The minimum Gasteiger partial charge on any atom is -0.377 e. The first-order valence-electron chi connectivity index (χ1n) is 20.9. The Morgan fingerprint density at radius 1 is 0.589 bits per heavy atom. The molecular weight excluding hydrogens is 675 g/mol. The molecule has 3 atom stereocenters. The van der Waals surface area contributed by atoms with E-state index in [0.717, 1.165) is 51.4 Å². The average molecular weight is 722 g/mol. The van der Waals surface area contributed by atoms with Crippen LogP contribution < -0.4 is 5.32 Å². The van der Waals surface area contributed by atoms with Gasteiger partial charge in [0.05, 0.1) is 6.04 Å². The van der Waals surface area contributed by atoms with Crippen LogP contribution in [-0.2, 0) is 12.8 Å². The molecule has 1 heteroatoms. The number of hydrogen-bond donors (Lipinski definition) is 1. The fourth-order valence-corrected chi connectivity index (χ4v) is 10.7. The summed E-state index contributed by atoms with van der Waals surface area (Å²) in [6, 6.07) is 43.8. The molecule has 1 N–H and O–H groups in total. The van der Waals surface area contributed by atoms with E-state index in [9.17, 15) is 0 Å². The first-order chi connectivity index (χ1) is 27.7. The second-order valence-electron chi connectivity index (χ2n) is 16.5. The van der Waals surface area contributed by atoms with Gasteiger partial charge in [0.1, 0.15) is 0 Å². The van der Waals surface area contributed by atoms with Gasteiger partial charge in [0.25, 0.3) is 0 Å². The van der Waals surface area contributed by atoms with Gasteiger partial charge in [-0.25, -0.2) is 0 Å². The van der Waals surface area contributed by atoms with Gasteiger partial charge in [0, 0.05) is 17.5 Å². The highest BCUT2D eigenvalue weighted by Gasteiger charge is 2.37. The monoisotopic (exact) mass is 721 g/mol. The highest BCUT2D eigenvalue weighted by atomic mass is 14.9. The summed E-state index contributed by atoms with van der Waals surface area (Å²) in [6.45, 7) is 0. The number of nitrogens with one attached hydrogen (secondary N) is 1. The molecule has 272 valence electrons. The quantitative estimate of drug-likeness (QED) is 0.191. The maximum atomic E-state index is 3.99. The zero-order valence-corrected chi connectivity index (χ0v) is 32.0. The molecule has 1 nitrogen and oxygen atoms in total. The number of hydrogen-bond acceptors (Lipinski definition) is 1. The van der Waals surface area contributed by atoms with E-state index < -0.39 is 0 Å². The van der Waals surface area contributed by atoms with Gasteiger partial charge in [-0.1, -0.05) is 157 Å². The lowest BCUT2D eigenvalue weighted by Crippen LogP contribution is -2.29. The number of allylic oxidation sites excluding steroid dienone is 14. The molecule has 6 aliphatic rings. The summed E-state index contributed by atoms with van der Waals surface area (Å²) >= 11 is 0. The molecule has 0 saturated heterocycles. The van der Waals surface area contributed by atoms with Crippen LogP contribution in [-0.4, -0.2) is 0 Å². The first kappa shape index (κ1) is 33.4. The van der Waals surface area contributed by atoms with E-state index in [0.29, 0.717) is 11.8 Å². The molecule has 5 aromatic carbocycles. The molecule has 5 aliphatic carbocycles. The van der Waals surface area contributed by atoms with E-state index in [-0.39, 0.29) is 6.04 Å². The average Bonchev–Trinajstić information content (AvgIpc) is 3.27. The molecule has 56 heavy (non-hydrogen) atoms. The Balaban J connectivity index is 1.03. The molecule has 0 spiro atoms. The third kappa shape index (κ3) is 5.84. The van der Waals surface area contributed by atoms with Crippen molar-refractivity contribution >= 4 is 33.7 Å². The van der Waals surface area contributed by atoms with E-state index in [2.05, 4.69) is 169 Å². The molecule has 3 unspecified atom stereocenters. The Hall–Kier alpha value is -5.92. The summed E-state index contributed by atoms with van der Waals surface area (Å²) in [6.07, 6.45) is 27.9. The number of rotatable bonds is 5. The molecule has 5 aromatic rings. The van der Waals surface area contributed by atoms with Gasteiger partial charge in [0.2, 0.25) is 0 Å². The van der Waals surface area contributed by atoms with E-state index >= 15 is 0 Å². The number of aryl methyl sites for hydroxylation is 1. The van der Waals surface area contributed by atoms with Gasteiger partial charge < -0.3 is 5.32 Å². The second-order valence-corrected chi connectivity index (χ2v) is 16.5. The van der Waals surface area contributed by atoms with Crippen LogP contribution in [0, 0.1) is 11.8 Å². The van der Waals surface area contributed by atoms with Crippen molar-refractivity contribution in [1.82, 2.24) is 0 Å². The normalized spacial score (nSPS) is 22.5. The summed E-state index contributed by atoms with van der Waals surface area (Å²) in [5.41, 5.74) is 21.7. The topological polar surface area (TPSA) is 12.0 Å². The largest absolute Gasteiger partial charge is 0.377 e. The van der Waals surface area contributed by atoms with Crippen molar-refractivity contribution in [3.8, 4) is 0 Å². The van der Waals surface area contributed by atoms with Crippen molar-refractivity contribution in [3.05, 3.63) is 225 Å². The maximum Gasteiger partial charge on any atom is 0.0582 e. The van der Waals surface area contributed by atoms with Crippen molar-refractivity contribution in [3.63, 3.8) is 0 Å². The third-order valence-electron chi connectivity index (χ3n) is 13.4. The molecule has 0 aromatic heterocycles. The van der Waals surface area contributed by atoms with Crippen LogP contribution in [0.3, 0.4) is 0 Å². The molecule has 0 amide bonds. The lowest BCUT2D eigenvalue weighted by molar-refractivity contribution is 0.487. The van der Waals surface area contributed by atoms with Gasteiger partial charge in [0.15, 0.2) is 0 Å². The van der Waals surface area contributed by atoms with Gasteiger partial charge in [-0.15, -0.1) is 0 Å². The summed E-state index contributed by atoms with van der Waals surface area (Å²) in [4.78, 5) is 0. The Bertz CT molecular complexity index is 2660. The van der Waals surface area contributed by atoms with E-state index in [4.69, 9.17) is 0 Å². The molecule has 1 aliphatic heterocycles. The van der Waals surface area contributed by atoms with Crippen molar-refractivity contribution in [1.29, 1.82) is 0 Å². The van der Waals surface area contributed by atoms with Crippen LogP contribution in [0.5, 0.6) is 0 Å². The third-order valence-corrected chi connectivity index (χ3v) is 13.4. The van der Waals surface area contributed by atoms with Crippen molar-refractivity contribution in [2.75, 3.05) is 5.32 Å². The highest BCUT2D eigenvalue weighted by Crippen LogP contribution is 2.54. The van der Waals surface area contributed by atoms with Crippen molar-refractivity contribution < 1.29 is 0 Å². The highest BCUT2D eigenvalue weighted by molar-refractivity contribution is 5.97. The minimum absolute atomic E-state index is 0.256. The Labute approximate surface area is 331 Å². The number of fused-ring (bicyclic) bond motifs is 5. The summed E-state index contributed by atoms with van der Waals surface area (Å²) < 4.78 is 0. The zero-order chi connectivity index (χ0) is 37.0. The lowest BCUT2D eigenvalue weighted by Gasteiger charge is -2.39. The fourth-order valence-electron chi connectivity index (χ4n) is 10.7. The van der Waals surface area contributed by atoms with Crippen LogP contribution in [0.4, 0.5) is 5.69 Å². The Morgan fingerprint density at radius 2 is 1.38 bits per heavy atom. The van der Waals surface area contributed by atoms with Crippen LogP contribution in [0.1, 0.15) is 77.9 Å². The Morgan fingerprint density at radius 3 is 2.27 bits per heavy atom. The number of benzene rings is 5. The predicted molar refractivity (Wildman–Crippen MR) is 236 cm³/mol. The summed E-state index contributed by atoms with van der Waals surface area (Å²) in [5, 5.41) is 6.59. The molecule has 0 bridgehead atoms. The second kappa shape index (κ2) is 14.0. The molecular formula is C55H47N. The lowest BCUT2D eigenvalue weighted by atomic mass is 9.65. The molecule has 0 fully saturated rings. The van der Waals surface area contributed by atoms with Crippen LogP contribution >= 0.6 is 0 Å². The smallest absolute Gasteiger partial charge is 0.0582 e. The van der Waals surface area contributed by atoms with Crippen molar-refractivity contribution in [2.45, 2.75) is 57.4 Å². The number of para-hydroxylation sites is 1. The van der Waals surface area contributed by atoms with Gasteiger partial charge in [-0.05, 0) is 147 Å². The SMILES string of the molecule is C1=CCCC(C2Cc3ccccc3NC2c2ccc(C3=CC4=C(c5ccc6ccccc6c5)C5=CC=CCC5C(C5=Cc6ccccc6CC5)=C4CC3)cc2)=C1. The molecule has 0 radical (unpaired) electrons. The predicted octanol–water partition coefficient (Wildman–Crippen LogP) is 13.9. The molecule has 0 saturated carbocycles. The van der Waals surface area contributed by atoms with E-state index in [1.807, 2.05) is 0 Å². The minimum atomic E-state index is 0.256. The summed E-state index contributed by atoms with van der Waals surface area (Å²) in [5.74, 6) is 0.825. The fraction of sp³-hybridized carbons (Fsp3) is 0.200. The number of anilines is 1. The maximum absolute atomic E-state index is 3.99. The molecule has 11 rings (SSSR count). The van der Waals surface area contributed by atoms with E-state index in [1.165, 1.54) is 72.1 Å². The summed E-state index contributed by atoms with van der Waals surface area (Å²) in [7, 11) is 0. The Kier molecular flexibility index (Phi) is 8.34. The standard InChI is InChI=1S/C55H47N/c1-2-14-39(15-3-1)50-35-44-18-8-11-21-52(44)56-55(50)40-26-22-38(23-27-40)43-30-31-49-51(34-43)54(46-29-25-37-13-5-7-17-42(37)33-46)48-20-10-9-19-47(48)53(49)45-28-24-36-12-4-6-16-41(36)32-45/h1-2,4-14,16-18,20-23,25-27,29,32-34,47,50,55-56H,3,15,19,24,28,30-31,35H2. The first-order valence-corrected chi connectivity index (χ1v) is 20.9.